The van der Waals surface area contributed by atoms with Gasteiger partial charge in [-0.3, -0.25) is 14.4 Å². The summed E-state index contributed by atoms with van der Waals surface area (Å²) in [6.45, 7) is 14.0. The number of aromatic amines is 1. The van der Waals surface area contributed by atoms with Gasteiger partial charge in [0.25, 0.3) is 0 Å². The summed E-state index contributed by atoms with van der Waals surface area (Å²) in [6.07, 6.45) is 6.10. The Morgan fingerprint density at radius 1 is 1.07 bits per heavy atom. The first kappa shape index (κ1) is 30.2. The molecule has 11 heteroatoms. The van der Waals surface area contributed by atoms with E-state index in [-0.39, 0.29) is 60.5 Å². The van der Waals surface area contributed by atoms with Gasteiger partial charge in [0, 0.05) is 65.7 Å². The van der Waals surface area contributed by atoms with E-state index in [0.717, 1.165) is 51.4 Å². The number of carbonyl (C=O) groups excluding carboxylic acids is 1. The van der Waals surface area contributed by atoms with Gasteiger partial charge in [0.2, 0.25) is 5.91 Å². The van der Waals surface area contributed by atoms with E-state index in [0.29, 0.717) is 19.3 Å². The number of aromatic nitrogens is 1. The number of fused-ring (bicyclic) bond motifs is 1. The first-order valence-electron chi connectivity index (χ1n) is 15.6. The summed E-state index contributed by atoms with van der Waals surface area (Å²) in [6, 6.07) is -0.183. The molecule has 0 aromatic carbocycles. The highest BCUT2D eigenvalue weighted by molar-refractivity contribution is 5.84. The first-order valence-corrected chi connectivity index (χ1v) is 15.6. The van der Waals surface area contributed by atoms with Crippen molar-refractivity contribution in [1.29, 1.82) is 0 Å². The average Bonchev–Trinajstić information content (AvgIpc) is 3.66. The Labute approximate surface area is 257 Å². The summed E-state index contributed by atoms with van der Waals surface area (Å²) in [7, 11) is 0. The van der Waals surface area contributed by atoms with E-state index in [1.165, 1.54) is 0 Å². The Bertz CT molecular complexity index is 1550. The molecule has 6 N–H and O–H groups in total. The Morgan fingerprint density at radius 2 is 1.75 bits per heavy atom. The average molecular weight is 606 g/mol. The van der Waals surface area contributed by atoms with Crippen LogP contribution in [-0.2, 0) is 27.2 Å². The van der Waals surface area contributed by atoms with Gasteiger partial charge >= 0.3 is 11.9 Å². The SMILES string of the molecule is C=CC1=C(O)N[C@H](Cc2[nH]c([C@H]3N4N5C(/C=C6/NC(=O)[C@H](C)[C@H]6CC)C(C)=C(CCC(=O)O)[C@]354)c(CCC(=O)O)c2C)C1C. The molecule has 4 unspecified atom stereocenters. The maximum atomic E-state index is 12.5. The predicted octanol–water partition coefficient (Wildman–Crippen LogP) is 3.97. The highest BCUT2D eigenvalue weighted by Crippen LogP contribution is 2.79. The summed E-state index contributed by atoms with van der Waals surface area (Å²) in [5.74, 6) is -1.46. The molecular formula is C33H43N5O6. The van der Waals surface area contributed by atoms with Crippen molar-refractivity contribution in [3.63, 3.8) is 0 Å². The molecule has 1 spiro atoms. The molecule has 0 saturated carbocycles. The summed E-state index contributed by atoms with van der Waals surface area (Å²) >= 11 is 0. The lowest BCUT2D eigenvalue weighted by atomic mass is 9.90. The van der Waals surface area contributed by atoms with E-state index in [9.17, 15) is 29.7 Å². The molecule has 0 radical (unpaired) electrons. The van der Waals surface area contributed by atoms with Crippen LogP contribution in [0.25, 0.3) is 0 Å². The third kappa shape index (κ3) is 4.34. The molecule has 1 aromatic heterocycles. The van der Waals surface area contributed by atoms with Crippen molar-refractivity contribution in [1.82, 2.24) is 25.6 Å². The van der Waals surface area contributed by atoms with Gasteiger partial charge in [-0.25, -0.2) is 5.01 Å². The van der Waals surface area contributed by atoms with E-state index in [1.54, 1.807) is 6.08 Å². The number of hydrogen-bond donors (Lipinski definition) is 6. The normalized spacial score (nSPS) is 35.9. The molecular weight excluding hydrogens is 562 g/mol. The minimum atomic E-state index is -0.862. The second-order valence-electron chi connectivity index (χ2n) is 13.0. The van der Waals surface area contributed by atoms with Gasteiger partial charge < -0.3 is 30.9 Å². The molecule has 1 amide bonds. The van der Waals surface area contributed by atoms with Crippen LogP contribution in [0.2, 0.25) is 0 Å². The van der Waals surface area contributed by atoms with Gasteiger partial charge in [0.1, 0.15) is 11.7 Å². The number of carboxylic acids is 2. The number of rotatable bonds is 12. The molecule has 11 nitrogen and oxygen atoms in total. The Morgan fingerprint density at radius 3 is 2.36 bits per heavy atom. The number of carbonyl (C=O) groups is 3. The highest BCUT2D eigenvalue weighted by atomic mass is 16.4. The number of aliphatic hydroxyl groups excluding tert-OH is 1. The molecule has 3 saturated heterocycles. The maximum Gasteiger partial charge on any atom is 0.303 e. The number of carboxylic acid groups (broad SMARTS) is 2. The van der Waals surface area contributed by atoms with E-state index < -0.39 is 17.6 Å². The fourth-order valence-electron chi connectivity index (χ4n) is 8.26. The van der Waals surface area contributed by atoms with Gasteiger partial charge in [-0.1, -0.05) is 33.4 Å². The molecule has 9 atom stereocenters. The number of nitrogens with zero attached hydrogens (tertiary/aromatic N) is 2. The van der Waals surface area contributed by atoms with Crippen LogP contribution in [0.4, 0.5) is 0 Å². The van der Waals surface area contributed by atoms with E-state index >= 15 is 0 Å². The molecule has 1 aromatic rings. The number of aliphatic carboxylic acids is 2. The van der Waals surface area contributed by atoms with Crippen molar-refractivity contribution in [2.45, 2.75) is 96.9 Å². The summed E-state index contributed by atoms with van der Waals surface area (Å²) in [5, 5.41) is 40.3. The van der Waals surface area contributed by atoms with Gasteiger partial charge in [0.05, 0.1) is 6.04 Å². The van der Waals surface area contributed by atoms with Crippen molar-refractivity contribution in [3.05, 3.63) is 69.5 Å². The van der Waals surface area contributed by atoms with Gasteiger partial charge in [-0.05, 0) is 61.5 Å². The largest absolute Gasteiger partial charge is 0.495 e. The second kappa shape index (κ2) is 10.7. The smallest absolute Gasteiger partial charge is 0.303 e. The van der Waals surface area contributed by atoms with Crippen LogP contribution in [0, 0.1) is 24.7 Å². The van der Waals surface area contributed by atoms with Crippen LogP contribution in [0.1, 0.15) is 81.9 Å². The number of amides is 1. The van der Waals surface area contributed by atoms with Crippen molar-refractivity contribution >= 4 is 17.8 Å². The van der Waals surface area contributed by atoms with Crippen LogP contribution < -0.4 is 10.6 Å². The summed E-state index contributed by atoms with van der Waals surface area (Å²) in [4.78, 5) is 39.5. The highest BCUT2D eigenvalue weighted by Gasteiger charge is 2.90. The fraction of sp³-hybridized carbons (Fsp3) is 0.545. The molecule has 6 rings (SSSR count). The Kier molecular flexibility index (Phi) is 7.32. The van der Waals surface area contributed by atoms with Crippen molar-refractivity contribution in [3.8, 4) is 0 Å². The van der Waals surface area contributed by atoms with Crippen LogP contribution >= 0.6 is 0 Å². The van der Waals surface area contributed by atoms with Gasteiger partial charge in [-0.2, -0.15) is 5.01 Å². The molecule has 236 valence electrons. The molecule has 5 aliphatic heterocycles. The van der Waals surface area contributed by atoms with Crippen LogP contribution in [0.15, 0.2) is 47.0 Å². The Hall–Kier alpha value is -3.83. The van der Waals surface area contributed by atoms with E-state index in [2.05, 4.69) is 52.1 Å². The predicted molar refractivity (Wildman–Crippen MR) is 163 cm³/mol. The van der Waals surface area contributed by atoms with Crippen molar-refractivity contribution in [2.24, 2.45) is 17.8 Å². The van der Waals surface area contributed by atoms with Gasteiger partial charge in [-0.15, -0.1) is 0 Å². The molecule has 5 aliphatic rings. The van der Waals surface area contributed by atoms with Crippen molar-refractivity contribution < 1.29 is 29.7 Å². The van der Waals surface area contributed by atoms with Crippen LogP contribution in [0.5, 0.6) is 0 Å². The van der Waals surface area contributed by atoms with E-state index in [4.69, 9.17) is 0 Å². The minimum Gasteiger partial charge on any atom is -0.495 e. The topological polar surface area (TPSA) is 158 Å². The number of nitrogens with one attached hydrogen (secondary N) is 3. The first-order chi connectivity index (χ1) is 20.9. The maximum absolute atomic E-state index is 12.5. The number of hydrazine groups is 1. The fourth-order valence-corrected chi connectivity index (χ4v) is 8.26. The third-order valence-electron chi connectivity index (χ3n) is 10.8. The summed E-state index contributed by atoms with van der Waals surface area (Å²) < 4.78 is 0. The van der Waals surface area contributed by atoms with Crippen LogP contribution in [0.3, 0.4) is 0 Å². The molecule has 3 fully saturated rings. The molecule has 44 heavy (non-hydrogen) atoms. The molecule has 0 bridgehead atoms. The zero-order chi connectivity index (χ0) is 31.8. The monoisotopic (exact) mass is 605 g/mol. The standard InChI is InChI=1S/C33H43N5O6/c1-7-19-17(5)31(43)36-25(19)14-26-18(6)22(10-12-28(41)42)33-30(38(33)37(26)33)29-21(9-11-27(39)40)16(4)23(34-29)13-24-15(3)20(8-2)32(44)35-24/h8,14-15,17,19,24,26,30,34-35,44H,2,7,9-13H2,1,3-6H3,(H,36,43)(H,39,40)(H,41,42)/b25-14+/t15?,17-,19-,24-,26?,30-,33+,37?,38?/m1/s1. The van der Waals surface area contributed by atoms with Gasteiger partial charge in [0.15, 0.2) is 5.88 Å². The number of allylic oxidation sites excluding steroid dienone is 2. The zero-order valence-corrected chi connectivity index (χ0v) is 26.0. The number of H-pyrrole nitrogens is 1. The molecule has 0 aliphatic carbocycles. The molecule has 6 heterocycles. The Balaban J connectivity index is 1.33. The quantitative estimate of drug-likeness (QED) is 0.153. The van der Waals surface area contributed by atoms with Crippen molar-refractivity contribution in [2.75, 3.05) is 0 Å². The lowest BCUT2D eigenvalue weighted by Gasteiger charge is -2.22. The minimum absolute atomic E-state index is 0.00134. The number of aliphatic hydroxyl groups is 1. The summed E-state index contributed by atoms with van der Waals surface area (Å²) in [5.41, 5.74) is 7.45. The zero-order valence-electron chi connectivity index (χ0n) is 26.0. The third-order valence-corrected chi connectivity index (χ3v) is 10.8. The van der Waals surface area contributed by atoms with Crippen LogP contribution in [-0.4, -0.2) is 65.9 Å². The second-order valence-corrected chi connectivity index (χ2v) is 13.0. The lowest BCUT2D eigenvalue weighted by Crippen LogP contribution is -2.31. The number of hydrogen-bond acceptors (Lipinski definition) is 7. The van der Waals surface area contributed by atoms with E-state index in [1.807, 2.05) is 20.8 Å². The lowest BCUT2D eigenvalue weighted by molar-refractivity contribution is -0.138.